The van der Waals surface area contributed by atoms with Crippen LogP contribution in [0.1, 0.15) is 64.7 Å². The Bertz CT molecular complexity index is 639. The van der Waals surface area contributed by atoms with Crippen LogP contribution in [0.15, 0.2) is 0 Å². The van der Waals surface area contributed by atoms with Crippen LogP contribution in [0.4, 0.5) is 4.79 Å². The van der Waals surface area contributed by atoms with Gasteiger partial charge in [-0.15, -0.1) is 0 Å². The molecule has 5 aliphatic rings. The highest BCUT2D eigenvalue weighted by Crippen LogP contribution is 2.58. The van der Waals surface area contributed by atoms with Gasteiger partial charge in [0.15, 0.2) is 0 Å². The first-order chi connectivity index (χ1) is 12.9. The molecule has 4 saturated carbocycles. The van der Waals surface area contributed by atoms with Crippen molar-refractivity contribution in [3.05, 3.63) is 0 Å². The van der Waals surface area contributed by atoms with Gasteiger partial charge in [0.25, 0.3) is 0 Å². The first-order valence-corrected chi connectivity index (χ1v) is 10.4. The fourth-order valence-corrected chi connectivity index (χ4v) is 6.20. The molecular weight excluding hydrogens is 346 g/mol. The van der Waals surface area contributed by atoms with Crippen molar-refractivity contribution < 1.29 is 19.2 Å². The molecule has 5 rings (SSSR count). The summed E-state index contributed by atoms with van der Waals surface area (Å²) in [6, 6.07) is -0.587. The van der Waals surface area contributed by atoms with E-state index in [9.17, 15) is 19.2 Å². The molecule has 1 aliphatic heterocycles. The standard InChI is InChI=1S/C20H29N3O4/c1-2-3-4-5-21-16(24)12-22-17(25)18(26)23(19(22)27)20-9-13-6-14(10-20)8-15(7-13)11-20/h13-15H,2-12H2,1H3,(H,21,24). The summed E-state index contributed by atoms with van der Waals surface area (Å²) in [5, 5.41) is 2.74. The zero-order chi connectivity index (χ0) is 19.2. The van der Waals surface area contributed by atoms with Gasteiger partial charge in [-0.1, -0.05) is 19.8 Å². The van der Waals surface area contributed by atoms with E-state index >= 15 is 0 Å². The first-order valence-electron chi connectivity index (χ1n) is 10.4. The van der Waals surface area contributed by atoms with Gasteiger partial charge in [-0.3, -0.25) is 14.4 Å². The predicted octanol–water partition coefficient (Wildman–Crippen LogP) is 2.05. The van der Waals surface area contributed by atoms with Crippen LogP contribution in [0.5, 0.6) is 0 Å². The highest BCUT2D eigenvalue weighted by molar-refractivity contribution is 6.45. The fourth-order valence-electron chi connectivity index (χ4n) is 6.20. The molecule has 1 heterocycles. The lowest BCUT2D eigenvalue weighted by Crippen LogP contribution is -2.62. The lowest BCUT2D eigenvalue weighted by atomic mass is 9.52. The molecule has 5 amide bonds. The third-order valence-corrected chi connectivity index (χ3v) is 6.94. The number of rotatable bonds is 7. The van der Waals surface area contributed by atoms with Crippen LogP contribution in [-0.2, 0) is 14.4 Å². The van der Waals surface area contributed by atoms with Crippen molar-refractivity contribution in [1.29, 1.82) is 0 Å². The lowest BCUT2D eigenvalue weighted by molar-refractivity contribution is -0.150. The molecule has 1 N–H and O–H groups in total. The molecule has 4 bridgehead atoms. The summed E-state index contributed by atoms with van der Waals surface area (Å²) in [4.78, 5) is 52.4. The Labute approximate surface area is 159 Å². The second-order valence-corrected chi connectivity index (χ2v) is 9.01. The van der Waals surface area contributed by atoms with E-state index in [2.05, 4.69) is 12.2 Å². The number of carbonyl (C=O) groups excluding carboxylic acids is 4. The normalized spacial score (nSPS) is 34.7. The van der Waals surface area contributed by atoms with Crippen LogP contribution in [0.25, 0.3) is 0 Å². The largest absolute Gasteiger partial charge is 0.355 e. The molecule has 1 saturated heterocycles. The Hall–Kier alpha value is -1.92. The average Bonchev–Trinajstić information content (AvgIpc) is 2.81. The zero-order valence-corrected chi connectivity index (χ0v) is 16.0. The third-order valence-electron chi connectivity index (χ3n) is 6.94. The van der Waals surface area contributed by atoms with Gasteiger partial charge in [0, 0.05) is 6.54 Å². The summed E-state index contributed by atoms with van der Waals surface area (Å²) in [5.74, 6) is -0.290. The molecule has 0 atom stereocenters. The number of nitrogens with one attached hydrogen (secondary N) is 1. The van der Waals surface area contributed by atoms with E-state index in [1.54, 1.807) is 0 Å². The summed E-state index contributed by atoms with van der Waals surface area (Å²) in [5.41, 5.74) is -0.495. The van der Waals surface area contributed by atoms with E-state index in [0.717, 1.165) is 43.4 Å². The average molecular weight is 375 g/mol. The van der Waals surface area contributed by atoms with E-state index in [4.69, 9.17) is 0 Å². The first kappa shape index (κ1) is 18.4. The van der Waals surface area contributed by atoms with Crippen molar-refractivity contribution in [3.63, 3.8) is 0 Å². The number of nitrogens with zero attached hydrogens (tertiary/aromatic N) is 2. The molecule has 0 unspecified atom stereocenters. The Morgan fingerprint density at radius 2 is 1.59 bits per heavy atom. The summed E-state index contributed by atoms with van der Waals surface area (Å²) in [7, 11) is 0. The quantitative estimate of drug-likeness (QED) is 0.419. The Morgan fingerprint density at radius 3 is 2.15 bits per heavy atom. The minimum absolute atomic E-state index is 0.363. The van der Waals surface area contributed by atoms with Crippen LogP contribution in [0, 0.1) is 17.8 Å². The van der Waals surface area contributed by atoms with Gasteiger partial charge in [0.2, 0.25) is 5.91 Å². The van der Waals surface area contributed by atoms with Gasteiger partial charge < -0.3 is 5.32 Å². The zero-order valence-electron chi connectivity index (χ0n) is 16.0. The molecule has 0 aromatic rings. The number of hydrogen-bond donors (Lipinski definition) is 1. The Kier molecular flexibility index (Phi) is 4.72. The van der Waals surface area contributed by atoms with E-state index in [-0.39, 0.29) is 12.5 Å². The summed E-state index contributed by atoms with van der Waals surface area (Å²) in [6.45, 7) is 2.24. The van der Waals surface area contributed by atoms with Gasteiger partial charge >= 0.3 is 17.8 Å². The molecule has 27 heavy (non-hydrogen) atoms. The van der Waals surface area contributed by atoms with Crippen molar-refractivity contribution in [2.24, 2.45) is 17.8 Å². The monoisotopic (exact) mass is 375 g/mol. The Morgan fingerprint density at radius 1 is 1.00 bits per heavy atom. The van der Waals surface area contributed by atoms with Gasteiger partial charge in [-0.25, -0.2) is 14.6 Å². The smallest absolute Gasteiger partial charge is 0.335 e. The maximum Gasteiger partial charge on any atom is 0.335 e. The molecule has 7 nitrogen and oxygen atoms in total. The molecule has 4 aliphatic carbocycles. The SMILES string of the molecule is CCCCCNC(=O)CN1C(=O)C(=O)N(C23CC4CC(CC(C4)C2)C3)C1=O. The van der Waals surface area contributed by atoms with Crippen LogP contribution in [0.2, 0.25) is 0 Å². The van der Waals surface area contributed by atoms with Crippen molar-refractivity contribution in [2.45, 2.75) is 70.3 Å². The lowest BCUT2D eigenvalue weighted by Gasteiger charge is -2.58. The highest BCUT2D eigenvalue weighted by Gasteiger charge is 2.61. The van der Waals surface area contributed by atoms with Crippen LogP contribution in [0.3, 0.4) is 0 Å². The number of urea groups is 1. The molecule has 5 fully saturated rings. The minimum atomic E-state index is -0.848. The molecule has 0 radical (unpaired) electrons. The second kappa shape index (κ2) is 6.91. The molecule has 0 aromatic carbocycles. The number of imide groups is 2. The number of hydrogen-bond acceptors (Lipinski definition) is 4. The van der Waals surface area contributed by atoms with Crippen molar-refractivity contribution in [2.75, 3.05) is 13.1 Å². The van der Waals surface area contributed by atoms with E-state index in [0.29, 0.717) is 24.3 Å². The highest BCUT2D eigenvalue weighted by atomic mass is 16.2. The molecule has 148 valence electrons. The van der Waals surface area contributed by atoms with Crippen LogP contribution in [-0.4, -0.2) is 52.2 Å². The maximum absolute atomic E-state index is 13.0. The van der Waals surface area contributed by atoms with Gasteiger partial charge in [-0.2, -0.15) is 0 Å². The number of amides is 5. The van der Waals surface area contributed by atoms with E-state index < -0.39 is 23.4 Å². The van der Waals surface area contributed by atoms with Crippen molar-refractivity contribution in [3.8, 4) is 0 Å². The summed E-state index contributed by atoms with van der Waals surface area (Å²) < 4.78 is 0. The predicted molar refractivity (Wildman–Crippen MR) is 97.4 cm³/mol. The van der Waals surface area contributed by atoms with Gasteiger partial charge in [0.1, 0.15) is 6.54 Å². The van der Waals surface area contributed by atoms with Crippen LogP contribution < -0.4 is 5.32 Å². The number of carbonyl (C=O) groups is 4. The minimum Gasteiger partial charge on any atom is -0.355 e. The number of unbranched alkanes of at least 4 members (excludes halogenated alkanes) is 2. The third kappa shape index (κ3) is 3.15. The molecule has 0 spiro atoms. The van der Waals surface area contributed by atoms with Crippen LogP contribution >= 0.6 is 0 Å². The second-order valence-electron chi connectivity index (χ2n) is 9.01. The van der Waals surface area contributed by atoms with Crippen molar-refractivity contribution >= 4 is 23.8 Å². The molecule has 7 heteroatoms. The van der Waals surface area contributed by atoms with Gasteiger partial charge in [0.05, 0.1) is 5.54 Å². The topological polar surface area (TPSA) is 86.8 Å². The Balaban J connectivity index is 1.45. The molecular formula is C20H29N3O4. The van der Waals surface area contributed by atoms with E-state index in [1.165, 1.54) is 24.2 Å². The van der Waals surface area contributed by atoms with Gasteiger partial charge in [-0.05, 0) is 62.7 Å². The van der Waals surface area contributed by atoms with E-state index in [1.807, 2.05) is 0 Å². The summed E-state index contributed by atoms with van der Waals surface area (Å²) in [6.07, 6.45) is 8.95. The fraction of sp³-hybridized carbons (Fsp3) is 0.800. The maximum atomic E-state index is 13.0. The molecule has 0 aromatic heterocycles. The summed E-state index contributed by atoms with van der Waals surface area (Å²) >= 11 is 0. The van der Waals surface area contributed by atoms with Crippen molar-refractivity contribution in [1.82, 2.24) is 15.1 Å².